The molecule has 0 fully saturated rings. The SMILES string of the molecule is COC(C)(C)CCC(O)Cc1ccc(F)cc1. The van der Waals surface area contributed by atoms with E-state index in [0.29, 0.717) is 12.8 Å². The molecule has 0 aliphatic carbocycles. The highest BCUT2D eigenvalue weighted by Gasteiger charge is 2.18. The van der Waals surface area contributed by atoms with Gasteiger partial charge in [0.05, 0.1) is 11.7 Å². The van der Waals surface area contributed by atoms with E-state index >= 15 is 0 Å². The van der Waals surface area contributed by atoms with Crippen LogP contribution >= 0.6 is 0 Å². The topological polar surface area (TPSA) is 29.5 Å². The van der Waals surface area contributed by atoms with Crippen molar-refractivity contribution in [2.45, 2.75) is 44.8 Å². The number of halogens is 1. The fourth-order valence-corrected chi connectivity index (χ4v) is 1.61. The molecule has 3 heteroatoms. The van der Waals surface area contributed by atoms with E-state index in [4.69, 9.17) is 4.74 Å². The van der Waals surface area contributed by atoms with Crippen molar-refractivity contribution in [1.82, 2.24) is 0 Å². The van der Waals surface area contributed by atoms with Crippen LogP contribution in [-0.4, -0.2) is 23.9 Å². The quantitative estimate of drug-likeness (QED) is 0.828. The summed E-state index contributed by atoms with van der Waals surface area (Å²) in [6, 6.07) is 6.25. The molecule has 96 valence electrons. The summed E-state index contributed by atoms with van der Waals surface area (Å²) in [5, 5.41) is 9.88. The number of ether oxygens (including phenoxy) is 1. The summed E-state index contributed by atoms with van der Waals surface area (Å²) in [5.41, 5.74) is 0.748. The summed E-state index contributed by atoms with van der Waals surface area (Å²) in [7, 11) is 1.67. The molecule has 0 aliphatic rings. The molecule has 1 atom stereocenters. The highest BCUT2D eigenvalue weighted by atomic mass is 19.1. The third-order valence-corrected chi connectivity index (χ3v) is 3.02. The molecule has 1 rings (SSSR count). The van der Waals surface area contributed by atoms with Crippen LogP contribution in [0.2, 0.25) is 0 Å². The number of methoxy groups -OCH3 is 1. The zero-order valence-corrected chi connectivity index (χ0v) is 10.7. The van der Waals surface area contributed by atoms with Crippen LogP contribution in [0.5, 0.6) is 0 Å². The second-order valence-corrected chi connectivity index (χ2v) is 4.99. The first-order chi connectivity index (χ1) is 7.93. The van der Waals surface area contributed by atoms with Gasteiger partial charge in [0.1, 0.15) is 5.82 Å². The van der Waals surface area contributed by atoms with Gasteiger partial charge in [-0.1, -0.05) is 12.1 Å². The Bertz CT molecular complexity index is 333. The summed E-state index contributed by atoms with van der Waals surface area (Å²) in [6.07, 6.45) is 1.62. The average molecular weight is 240 g/mol. The van der Waals surface area contributed by atoms with Gasteiger partial charge in [0.2, 0.25) is 0 Å². The minimum absolute atomic E-state index is 0.205. The van der Waals surface area contributed by atoms with Gasteiger partial charge in [0.15, 0.2) is 0 Å². The van der Waals surface area contributed by atoms with Gasteiger partial charge in [-0.05, 0) is 50.8 Å². The molecule has 0 saturated heterocycles. The fourth-order valence-electron chi connectivity index (χ4n) is 1.61. The van der Waals surface area contributed by atoms with Crippen molar-refractivity contribution in [3.05, 3.63) is 35.6 Å². The maximum Gasteiger partial charge on any atom is 0.123 e. The average Bonchev–Trinajstić information content (AvgIpc) is 2.30. The molecule has 0 spiro atoms. The molecule has 0 aliphatic heterocycles. The van der Waals surface area contributed by atoms with E-state index < -0.39 is 6.10 Å². The Kier molecular flexibility index (Phi) is 5.09. The number of rotatable bonds is 6. The molecule has 0 aromatic heterocycles. The smallest absolute Gasteiger partial charge is 0.123 e. The Balaban J connectivity index is 2.39. The summed E-state index contributed by atoms with van der Waals surface area (Å²) in [6.45, 7) is 4.00. The molecule has 0 heterocycles. The minimum Gasteiger partial charge on any atom is -0.393 e. The van der Waals surface area contributed by atoms with Gasteiger partial charge >= 0.3 is 0 Å². The molecule has 1 N–H and O–H groups in total. The van der Waals surface area contributed by atoms with Crippen molar-refractivity contribution in [2.24, 2.45) is 0 Å². The van der Waals surface area contributed by atoms with Gasteiger partial charge in [0.25, 0.3) is 0 Å². The molecular formula is C14H21FO2. The first-order valence-corrected chi connectivity index (χ1v) is 5.90. The standard InChI is InChI=1S/C14H21FO2/c1-14(2,17-3)9-8-13(16)10-11-4-6-12(15)7-5-11/h4-7,13,16H,8-10H2,1-3H3. The summed E-state index contributed by atoms with van der Waals surface area (Å²) < 4.78 is 18.0. The van der Waals surface area contributed by atoms with Gasteiger partial charge in [-0.25, -0.2) is 4.39 Å². The summed E-state index contributed by atoms with van der Waals surface area (Å²) >= 11 is 0. The highest BCUT2D eigenvalue weighted by Crippen LogP contribution is 2.18. The van der Waals surface area contributed by atoms with Crippen LogP contribution in [0.15, 0.2) is 24.3 Å². The number of aliphatic hydroxyl groups is 1. The van der Waals surface area contributed by atoms with Crippen molar-refractivity contribution in [3.8, 4) is 0 Å². The van der Waals surface area contributed by atoms with E-state index in [1.54, 1.807) is 19.2 Å². The fraction of sp³-hybridized carbons (Fsp3) is 0.571. The predicted molar refractivity (Wildman–Crippen MR) is 66.4 cm³/mol. The molecule has 17 heavy (non-hydrogen) atoms. The Morgan fingerprint density at radius 1 is 1.29 bits per heavy atom. The second-order valence-electron chi connectivity index (χ2n) is 4.99. The lowest BCUT2D eigenvalue weighted by molar-refractivity contribution is 0.00306. The van der Waals surface area contributed by atoms with Crippen LogP contribution in [0.25, 0.3) is 0 Å². The predicted octanol–water partition coefficient (Wildman–Crippen LogP) is 2.93. The Morgan fingerprint density at radius 3 is 2.41 bits per heavy atom. The summed E-state index contributed by atoms with van der Waals surface area (Å²) in [5.74, 6) is -0.247. The van der Waals surface area contributed by atoms with E-state index in [1.165, 1.54) is 12.1 Å². The summed E-state index contributed by atoms with van der Waals surface area (Å²) in [4.78, 5) is 0. The van der Waals surface area contributed by atoms with E-state index in [1.807, 2.05) is 13.8 Å². The maximum absolute atomic E-state index is 12.7. The molecular weight excluding hydrogens is 219 g/mol. The molecule has 1 unspecified atom stereocenters. The number of aliphatic hydroxyl groups excluding tert-OH is 1. The molecule has 1 aromatic carbocycles. The Labute approximate surface area is 102 Å². The van der Waals surface area contributed by atoms with Crippen LogP contribution in [0.3, 0.4) is 0 Å². The van der Waals surface area contributed by atoms with Crippen molar-refractivity contribution in [1.29, 1.82) is 0 Å². The van der Waals surface area contributed by atoms with Gasteiger partial charge < -0.3 is 9.84 Å². The van der Waals surface area contributed by atoms with E-state index in [9.17, 15) is 9.50 Å². The van der Waals surface area contributed by atoms with Gasteiger partial charge in [0, 0.05) is 7.11 Å². The van der Waals surface area contributed by atoms with Crippen LogP contribution < -0.4 is 0 Å². The normalized spacial score (nSPS) is 13.7. The van der Waals surface area contributed by atoms with Crippen molar-refractivity contribution >= 4 is 0 Å². The molecule has 2 nitrogen and oxygen atoms in total. The van der Waals surface area contributed by atoms with Crippen molar-refractivity contribution in [2.75, 3.05) is 7.11 Å². The van der Waals surface area contributed by atoms with Crippen molar-refractivity contribution < 1.29 is 14.2 Å². The molecule has 0 saturated carbocycles. The molecule has 0 radical (unpaired) electrons. The van der Waals surface area contributed by atoms with Gasteiger partial charge in [-0.15, -0.1) is 0 Å². The Morgan fingerprint density at radius 2 is 1.88 bits per heavy atom. The third kappa shape index (κ3) is 5.29. The monoisotopic (exact) mass is 240 g/mol. The molecule has 1 aromatic rings. The highest BCUT2D eigenvalue weighted by molar-refractivity contribution is 5.16. The van der Waals surface area contributed by atoms with Crippen LogP contribution in [0.4, 0.5) is 4.39 Å². The van der Waals surface area contributed by atoms with Gasteiger partial charge in [-0.3, -0.25) is 0 Å². The van der Waals surface area contributed by atoms with Crippen LogP contribution in [0, 0.1) is 5.82 Å². The lowest BCUT2D eigenvalue weighted by Crippen LogP contribution is -2.25. The second kappa shape index (κ2) is 6.12. The first-order valence-electron chi connectivity index (χ1n) is 5.90. The molecule has 0 amide bonds. The lowest BCUT2D eigenvalue weighted by atomic mass is 9.97. The number of hydrogen-bond donors (Lipinski definition) is 1. The largest absolute Gasteiger partial charge is 0.393 e. The number of benzene rings is 1. The third-order valence-electron chi connectivity index (χ3n) is 3.02. The van der Waals surface area contributed by atoms with Crippen LogP contribution in [-0.2, 0) is 11.2 Å². The van der Waals surface area contributed by atoms with E-state index in [2.05, 4.69) is 0 Å². The van der Waals surface area contributed by atoms with Crippen LogP contribution in [0.1, 0.15) is 32.3 Å². The minimum atomic E-state index is -0.408. The number of hydrogen-bond acceptors (Lipinski definition) is 2. The van der Waals surface area contributed by atoms with Gasteiger partial charge in [-0.2, -0.15) is 0 Å². The zero-order valence-electron chi connectivity index (χ0n) is 10.7. The lowest BCUT2D eigenvalue weighted by Gasteiger charge is -2.24. The maximum atomic E-state index is 12.7. The van der Waals surface area contributed by atoms with E-state index in [0.717, 1.165) is 12.0 Å². The van der Waals surface area contributed by atoms with E-state index in [-0.39, 0.29) is 11.4 Å². The first kappa shape index (κ1) is 14.1. The van der Waals surface area contributed by atoms with Crippen molar-refractivity contribution in [3.63, 3.8) is 0 Å². The zero-order chi connectivity index (χ0) is 12.9. The molecule has 0 bridgehead atoms. The Hall–Kier alpha value is -0.930.